The van der Waals surface area contributed by atoms with Crippen molar-refractivity contribution in [1.29, 1.82) is 0 Å². The SMILES string of the molecule is Cc1ccc(C)c(NC(=O)COC(=O)c2ccc3ccccc3c2)c1. The molecule has 0 saturated carbocycles. The van der Waals surface area contributed by atoms with Crippen molar-refractivity contribution in [3.05, 3.63) is 77.4 Å². The summed E-state index contributed by atoms with van der Waals surface area (Å²) >= 11 is 0. The van der Waals surface area contributed by atoms with Crippen molar-refractivity contribution in [2.24, 2.45) is 0 Å². The maximum Gasteiger partial charge on any atom is 0.338 e. The van der Waals surface area contributed by atoms with Crippen molar-refractivity contribution in [3.8, 4) is 0 Å². The molecule has 25 heavy (non-hydrogen) atoms. The minimum Gasteiger partial charge on any atom is -0.452 e. The van der Waals surface area contributed by atoms with E-state index in [1.165, 1.54) is 0 Å². The molecular weight excluding hydrogens is 314 g/mol. The maximum absolute atomic E-state index is 12.2. The maximum atomic E-state index is 12.2. The molecule has 0 fully saturated rings. The number of hydrogen-bond acceptors (Lipinski definition) is 3. The number of esters is 1. The number of carbonyl (C=O) groups is 2. The summed E-state index contributed by atoms with van der Waals surface area (Å²) in [5.41, 5.74) is 3.17. The number of nitrogens with one attached hydrogen (secondary N) is 1. The molecule has 0 unspecified atom stereocenters. The van der Waals surface area contributed by atoms with E-state index in [0.29, 0.717) is 5.56 Å². The topological polar surface area (TPSA) is 55.4 Å². The lowest BCUT2D eigenvalue weighted by Gasteiger charge is -2.10. The monoisotopic (exact) mass is 333 g/mol. The molecule has 0 aromatic heterocycles. The summed E-state index contributed by atoms with van der Waals surface area (Å²) < 4.78 is 5.13. The minimum atomic E-state index is -0.512. The smallest absolute Gasteiger partial charge is 0.338 e. The molecule has 0 aliphatic rings. The standard InChI is InChI=1S/C21H19NO3/c1-14-7-8-15(2)19(11-14)22-20(23)13-25-21(24)18-10-9-16-5-3-4-6-17(16)12-18/h3-12H,13H2,1-2H3,(H,22,23). The molecule has 0 aliphatic heterocycles. The third kappa shape index (κ3) is 4.04. The number of amides is 1. The van der Waals surface area contributed by atoms with Crippen molar-refractivity contribution in [3.63, 3.8) is 0 Å². The number of benzene rings is 3. The van der Waals surface area contributed by atoms with E-state index in [4.69, 9.17) is 4.74 Å². The van der Waals surface area contributed by atoms with Gasteiger partial charge >= 0.3 is 5.97 Å². The Hall–Kier alpha value is -3.14. The van der Waals surface area contributed by atoms with Crippen molar-refractivity contribution in [2.75, 3.05) is 11.9 Å². The van der Waals surface area contributed by atoms with Gasteiger partial charge in [-0.3, -0.25) is 4.79 Å². The molecule has 0 saturated heterocycles. The van der Waals surface area contributed by atoms with Crippen LogP contribution in [0, 0.1) is 13.8 Å². The number of fused-ring (bicyclic) bond motifs is 1. The zero-order valence-corrected chi connectivity index (χ0v) is 14.2. The average molecular weight is 333 g/mol. The van der Waals surface area contributed by atoms with Gasteiger partial charge in [-0.1, -0.05) is 42.5 Å². The highest BCUT2D eigenvalue weighted by Crippen LogP contribution is 2.17. The molecule has 0 radical (unpaired) electrons. The van der Waals surface area contributed by atoms with E-state index in [0.717, 1.165) is 27.6 Å². The van der Waals surface area contributed by atoms with Gasteiger partial charge in [-0.05, 0) is 53.9 Å². The third-order valence-corrected chi connectivity index (χ3v) is 3.99. The van der Waals surface area contributed by atoms with E-state index in [1.807, 2.05) is 62.4 Å². The zero-order valence-electron chi connectivity index (χ0n) is 14.2. The van der Waals surface area contributed by atoms with Crippen LogP contribution in [-0.4, -0.2) is 18.5 Å². The molecule has 3 aromatic carbocycles. The minimum absolute atomic E-state index is 0.320. The second-order valence-corrected chi connectivity index (χ2v) is 6.00. The van der Waals surface area contributed by atoms with Crippen LogP contribution in [0.5, 0.6) is 0 Å². The van der Waals surface area contributed by atoms with Gasteiger partial charge in [-0.15, -0.1) is 0 Å². The van der Waals surface area contributed by atoms with Crippen LogP contribution >= 0.6 is 0 Å². The van der Waals surface area contributed by atoms with Crippen LogP contribution in [0.2, 0.25) is 0 Å². The summed E-state index contributed by atoms with van der Waals surface area (Å²) in [5, 5.41) is 4.77. The van der Waals surface area contributed by atoms with Gasteiger partial charge in [-0.2, -0.15) is 0 Å². The van der Waals surface area contributed by atoms with Gasteiger partial charge in [0.15, 0.2) is 6.61 Å². The molecule has 0 bridgehead atoms. The number of hydrogen-bond donors (Lipinski definition) is 1. The molecule has 0 aliphatic carbocycles. The Morgan fingerprint density at radius 2 is 1.68 bits per heavy atom. The summed E-state index contributed by atoms with van der Waals surface area (Å²) in [4.78, 5) is 24.2. The van der Waals surface area contributed by atoms with Crippen LogP contribution < -0.4 is 5.32 Å². The van der Waals surface area contributed by atoms with E-state index in [1.54, 1.807) is 12.1 Å². The van der Waals surface area contributed by atoms with Gasteiger partial charge in [0.2, 0.25) is 0 Å². The predicted octanol–water partition coefficient (Wildman–Crippen LogP) is 4.25. The summed E-state index contributed by atoms with van der Waals surface area (Å²) in [6, 6.07) is 18.9. The Balaban J connectivity index is 1.62. The van der Waals surface area contributed by atoms with E-state index >= 15 is 0 Å². The Morgan fingerprint density at radius 1 is 0.920 bits per heavy atom. The van der Waals surface area contributed by atoms with Gasteiger partial charge in [0.1, 0.15) is 0 Å². The lowest BCUT2D eigenvalue weighted by atomic mass is 10.1. The number of anilines is 1. The first-order chi connectivity index (χ1) is 12.0. The van der Waals surface area contributed by atoms with Crippen LogP contribution in [0.25, 0.3) is 10.8 Å². The summed E-state index contributed by atoms with van der Waals surface area (Å²) in [5.74, 6) is -0.871. The Bertz CT molecular complexity index is 947. The number of rotatable bonds is 4. The molecule has 1 amide bonds. The predicted molar refractivity (Wildman–Crippen MR) is 98.8 cm³/mol. The first-order valence-electron chi connectivity index (χ1n) is 8.06. The van der Waals surface area contributed by atoms with Gasteiger partial charge in [0.05, 0.1) is 5.56 Å². The second kappa shape index (κ2) is 7.18. The molecule has 4 heteroatoms. The fourth-order valence-corrected chi connectivity index (χ4v) is 2.59. The van der Waals surface area contributed by atoms with E-state index in [-0.39, 0.29) is 12.5 Å². The molecular formula is C21H19NO3. The molecule has 0 heterocycles. The molecule has 4 nitrogen and oxygen atoms in total. The van der Waals surface area contributed by atoms with Gasteiger partial charge in [0, 0.05) is 5.69 Å². The molecule has 0 atom stereocenters. The highest BCUT2D eigenvalue weighted by molar-refractivity contribution is 5.98. The van der Waals surface area contributed by atoms with Crippen molar-refractivity contribution in [2.45, 2.75) is 13.8 Å². The number of carbonyl (C=O) groups excluding carboxylic acids is 2. The highest BCUT2D eigenvalue weighted by atomic mass is 16.5. The Labute approximate surface area is 146 Å². The lowest BCUT2D eigenvalue weighted by Crippen LogP contribution is -2.21. The first kappa shape index (κ1) is 16.7. The molecule has 126 valence electrons. The molecule has 3 rings (SSSR count). The number of ether oxygens (including phenoxy) is 1. The van der Waals surface area contributed by atoms with Gasteiger partial charge in [-0.25, -0.2) is 4.79 Å². The second-order valence-electron chi connectivity index (χ2n) is 6.00. The summed E-state index contributed by atoms with van der Waals surface area (Å²) in [7, 11) is 0. The average Bonchev–Trinajstić information content (AvgIpc) is 2.62. The largest absolute Gasteiger partial charge is 0.452 e. The summed E-state index contributed by atoms with van der Waals surface area (Å²) in [6.07, 6.45) is 0. The number of aryl methyl sites for hydroxylation is 2. The van der Waals surface area contributed by atoms with E-state index in [2.05, 4.69) is 5.32 Å². The zero-order chi connectivity index (χ0) is 17.8. The first-order valence-corrected chi connectivity index (χ1v) is 8.06. The van der Waals surface area contributed by atoms with Crippen molar-refractivity contribution < 1.29 is 14.3 Å². The highest BCUT2D eigenvalue weighted by Gasteiger charge is 2.11. The van der Waals surface area contributed by atoms with E-state index < -0.39 is 5.97 Å². The van der Waals surface area contributed by atoms with Gasteiger partial charge < -0.3 is 10.1 Å². The Morgan fingerprint density at radius 3 is 2.48 bits per heavy atom. The Kier molecular flexibility index (Phi) is 4.80. The fraction of sp³-hybridized carbons (Fsp3) is 0.143. The summed E-state index contributed by atoms with van der Waals surface area (Å²) in [6.45, 7) is 3.55. The van der Waals surface area contributed by atoms with Crippen LogP contribution in [-0.2, 0) is 9.53 Å². The van der Waals surface area contributed by atoms with Crippen LogP contribution in [0.1, 0.15) is 21.5 Å². The quantitative estimate of drug-likeness (QED) is 0.726. The third-order valence-electron chi connectivity index (χ3n) is 3.99. The molecule has 3 aromatic rings. The molecule has 1 N–H and O–H groups in total. The van der Waals surface area contributed by atoms with Crippen molar-refractivity contribution in [1.82, 2.24) is 0 Å². The van der Waals surface area contributed by atoms with Crippen molar-refractivity contribution >= 4 is 28.3 Å². The lowest BCUT2D eigenvalue weighted by molar-refractivity contribution is -0.119. The molecule has 0 spiro atoms. The van der Waals surface area contributed by atoms with Crippen LogP contribution in [0.3, 0.4) is 0 Å². The van der Waals surface area contributed by atoms with Crippen LogP contribution in [0.4, 0.5) is 5.69 Å². The normalized spacial score (nSPS) is 10.5. The fourth-order valence-electron chi connectivity index (χ4n) is 2.59. The van der Waals surface area contributed by atoms with Crippen LogP contribution in [0.15, 0.2) is 60.7 Å². The van der Waals surface area contributed by atoms with Gasteiger partial charge in [0.25, 0.3) is 5.91 Å². The van der Waals surface area contributed by atoms with E-state index in [9.17, 15) is 9.59 Å².